The van der Waals surface area contributed by atoms with Crippen LogP contribution >= 0.6 is 23.2 Å². The van der Waals surface area contributed by atoms with Gasteiger partial charge in [0.1, 0.15) is 5.58 Å². The number of hydrogen-bond donors (Lipinski definition) is 2. The molecule has 1 aromatic heterocycles. The van der Waals surface area contributed by atoms with Crippen LogP contribution in [0.25, 0.3) is 11.0 Å². The van der Waals surface area contributed by atoms with Crippen molar-refractivity contribution >= 4 is 45.6 Å². The SMILES string of the molecule is Nc1c(C(=O)c2ccc(Cl)cc2Cl)oc2cc(C3CCCNC3)ccc12. The maximum absolute atomic E-state index is 12.8. The van der Waals surface area contributed by atoms with Crippen molar-refractivity contribution in [2.45, 2.75) is 18.8 Å². The zero-order valence-electron chi connectivity index (χ0n) is 14.0. The van der Waals surface area contributed by atoms with Crippen molar-refractivity contribution in [3.05, 3.63) is 63.3 Å². The van der Waals surface area contributed by atoms with Gasteiger partial charge in [-0.15, -0.1) is 0 Å². The van der Waals surface area contributed by atoms with E-state index in [1.165, 1.54) is 11.6 Å². The number of nitrogen functional groups attached to an aromatic ring is 1. The number of furan rings is 1. The minimum absolute atomic E-state index is 0.114. The largest absolute Gasteiger partial charge is 0.450 e. The van der Waals surface area contributed by atoms with Crippen LogP contribution in [-0.4, -0.2) is 18.9 Å². The van der Waals surface area contributed by atoms with Gasteiger partial charge in [-0.05, 0) is 61.2 Å². The van der Waals surface area contributed by atoms with Crippen molar-refractivity contribution in [3.63, 3.8) is 0 Å². The molecule has 4 nitrogen and oxygen atoms in total. The van der Waals surface area contributed by atoms with Gasteiger partial charge in [0.25, 0.3) is 0 Å². The second-order valence-electron chi connectivity index (χ2n) is 6.60. The fraction of sp³-hybridized carbons (Fsp3) is 0.250. The second-order valence-corrected chi connectivity index (χ2v) is 7.44. The number of piperidine rings is 1. The smallest absolute Gasteiger partial charge is 0.231 e. The number of anilines is 1. The molecule has 26 heavy (non-hydrogen) atoms. The predicted octanol–water partition coefficient (Wildman–Crippen LogP) is 5.02. The van der Waals surface area contributed by atoms with Crippen molar-refractivity contribution < 1.29 is 9.21 Å². The molecular formula is C20H18Cl2N2O2. The molecule has 1 fully saturated rings. The lowest BCUT2D eigenvalue weighted by Gasteiger charge is -2.22. The molecule has 6 heteroatoms. The summed E-state index contributed by atoms with van der Waals surface area (Å²) >= 11 is 12.1. The van der Waals surface area contributed by atoms with Crippen molar-refractivity contribution in [3.8, 4) is 0 Å². The van der Waals surface area contributed by atoms with Gasteiger partial charge in [0, 0.05) is 22.5 Å². The quantitative estimate of drug-likeness (QED) is 0.618. The van der Waals surface area contributed by atoms with Gasteiger partial charge in [0.05, 0.1) is 10.7 Å². The molecule has 0 aliphatic carbocycles. The summed E-state index contributed by atoms with van der Waals surface area (Å²) < 4.78 is 5.85. The number of fused-ring (bicyclic) bond motifs is 1. The van der Waals surface area contributed by atoms with Gasteiger partial charge in [-0.3, -0.25) is 4.79 Å². The molecule has 0 radical (unpaired) electrons. The summed E-state index contributed by atoms with van der Waals surface area (Å²) in [7, 11) is 0. The summed E-state index contributed by atoms with van der Waals surface area (Å²) in [6.07, 6.45) is 2.29. The standard InChI is InChI=1S/C20H18Cl2N2O2/c21-13-4-6-14(16(22)9-13)19(25)20-18(23)15-5-3-11(8-17(15)26-20)12-2-1-7-24-10-12/h3-6,8-9,12,24H,1-2,7,10,23H2. The topological polar surface area (TPSA) is 68.3 Å². The molecule has 1 atom stereocenters. The third-order valence-electron chi connectivity index (χ3n) is 4.90. The normalized spacial score (nSPS) is 17.5. The summed E-state index contributed by atoms with van der Waals surface area (Å²) in [4.78, 5) is 12.8. The van der Waals surface area contributed by atoms with Gasteiger partial charge >= 0.3 is 0 Å². The van der Waals surface area contributed by atoms with Crippen LogP contribution in [0.2, 0.25) is 10.0 Å². The number of carbonyl (C=O) groups is 1. The minimum Gasteiger partial charge on any atom is -0.450 e. The van der Waals surface area contributed by atoms with Crippen molar-refractivity contribution in [2.75, 3.05) is 18.8 Å². The zero-order chi connectivity index (χ0) is 18.3. The highest BCUT2D eigenvalue weighted by Gasteiger charge is 2.23. The van der Waals surface area contributed by atoms with Crippen LogP contribution in [0.5, 0.6) is 0 Å². The maximum atomic E-state index is 12.8. The highest BCUT2D eigenvalue weighted by Crippen LogP contribution is 2.34. The Hall–Kier alpha value is -2.01. The molecule has 1 aliphatic rings. The number of hydrogen-bond acceptors (Lipinski definition) is 4. The van der Waals surface area contributed by atoms with E-state index in [1.54, 1.807) is 12.1 Å². The van der Waals surface area contributed by atoms with E-state index in [-0.39, 0.29) is 16.6 Å². The summed E-state index contributed by atoms with van der Waals surface area (Å²) in [5, 5.41) is 4.90. The fourth-order valence-corrected chi connectivity index (χ4v) is 3.98. The minimum atomic E-state index is -0.346. The molecular weight excluding hydrogens is 371 g/mol. The Balaban J connectivity index is 1.73. The first-order chi connectivity index (χ1) is 12.5. The molecule has 0 amide bonds. The lowest BCUT2D eigenvalue weighted by Crippen LogP contribution is -2.28. The van der Waals surface area contributed by atoms with Crippen LogP contribution in [-0.2, 0) is 0 Å². The lowest BCUT2D eigenvalue weighted by molar-refractivity contribution is 0.101. The molecule has 3 aromatic rings. The zero-order valence-corrected chi connectivity index (χ0v) is 15.5. The van der Waals surface area contributed by atoms with E-state index in [0.29, 0.717) is 27.8 Å². The van der Waals surface area contributed by atoms with Gasteiger partial charge in [-0.1, -0.05) is 29.3 Å². The Morgan fingerprint density at radius 2 is 2.04 bits per heavy atom. The van der Waals surface area contributed by atoms with Crippen LogP contribution in [0, 0.1) is 0 Å². The number of carbonyl (C=O) groups excluding carboxylic acids is 1. The van der Waals surface area contributed by atoms with E-state index in [4.69, 9.17) is 33.4 Å². The van der Waals surface area contributed by atoms with Gasteiger partial charge in [0.15, 0.2) is 5.76 Å². The van der Waals surface area contributed by atoms with E-state index in [1.807, 2.05) is 12.1 Å². The average molecular weight is 389 g/mol. The van der Waals surface area contributed by atoms with Gasteiger partial charge in [0.2, 0.25) is 5.78 Å². The molecule has 134 valence electrons. The first-order valence-corrected chi connectivity index (χ1v) is 9.32. The molecule has 0 bridgehead atoms. The van der Waals surface area contributed by atoms with Gasteiger partial charge in [-0.25, -0.2) is 0 Å². The molecule has 2 aromatic carbocycles. The van der Waals surface area contributed by atoms with Crippen molar-refractivity contribution in [2.24, 2.45) is 0 Å². The second kappa shape index (κ2) is 6.95. The third kappa shape index (κ3) is 3.09. The van der Waals surface area contributed by atoms with Crippen LogP contribution in [0.1, 0.15) is 40.4 Å². The molecule has 4 rings (SSSR count). The van der Waals surface area contributed by atoms with Gasteiger partial charge in [-0.2, -0.15) is 0 Å². The summed E-state index contributed by atoms with van der Waals surface area (Å²) in [5.41, 5.74) is 8.67. The van der Waals surface area contributed by atoms with Gasteiger partial charge < -0.3 is 15.5 Å². The molecule has 1 saturated heterocycles. The van der Waals surface area contributed by atoms with E-state index in [0.717, 1.165) is 31.3 Å². The van der Waals surface area contributed by atoms with Crippen molar-refractivity contribution in [1.29, 1.82) is 0 Å². The predicted molar refractivity (Wildman–Crippen MR) is 105 cm³/mol. The number of ketones is 1. The first kappa shape index (κ1) is 17.4. The third-order valence-corrected chi connectivity index (χ3v) is 5.45. The van der Waals surface area contributed by atoms with Crippen LogP contribution in [0.4, 0.5) is 5.69 Å². The maximum Gasteiger partial charge on any atom is 0.231 e. The lowest BCUT2D eigenvalue weighted by atomic mass is 9.91. The van der Waals surface area contributed by atoms with Crippen LogP contribution in [0.3, 0.4) is 0 Å². The molecule has 3 N–H and O–H groups in total. The van der Waals surface area contributed by atoms with Crippen molar-refractivity contribution in [1.82, 2.24) is 5.32 Å². The number of nitrogens with two attached hydrogens (primary N) is 1. The number of halogens is 2. The van der Waals surface area contributed by atoms with Crippen LogP contribution in [0.15, 0.2) is 40.8 Å². The Labute approximate surface area is 161 Å². The Morgan fingerprint density at radius 1 is 1.19 bits per heavy atom. The Morgan fingerprint density at radius 3 is 2.77 bits per heavy atom. The van der Waals surface area contributed by atoms with E-state index < -0.39 is 0 Å². The molecule has 1 aliphatic heterocycles. The average Bonchev–Trinajstić information content (AvgIpc) is 2.98. The van der Waals surface area contributed by atoms with E-state index in [2.05, 4.69) is 11.4 Å². The summed E-state index contributed by atoms with van der Waals surface area (Å²) in [6.45, 7) is 2.01. The van der Waals surface area contributed by atoms with Crippen LogP contribution < -0.4 is 11.1 Å². The molecule has 1 unspecified atom stereocenters. The highest BCUT2D eigenvalue weighted by atomic mass is 35.5. The fourth-order valence-electron chi connectivity index (χ4n) is 3.49. The highest BCUT2D eigenvalue weighted by molar-refractivity contribution is 6.37. The van der Waals surface area contributed by atoms with E-state index >= 15 is 0 Å². The summed E-state index contributed by atoms with van der Waals surface area (Å²) in [6, 6.07) is 10.7. The first-order valence-electron chi connectivity index (χ1n) is 8.57. The summed E-state index contributed by atoms with van der Waals surface area (Å²) in [5.74, 6) is 0.216. The number of nitrogens with one attached hydrogen (secondary N) is 1. The molecule has 0 spiro atoms. The Bertz CT molecular complexity index is 991. The number of rotatable bonds is 3. The monoisotopic (exact) mass is 388 g/mol. The van der Waals surface area contributed by atoms with E-state index in [9.17, 15) is 4.79 Å². The molecule has 2 heterocycles. The molecule has 0 saturated carbocycles. The Kier molecular flexibility index (Phi) is 4.65. The number of benzene rings is 2.